The molecule has 4 aromatic heterocycles. The van der Waals surface area contributed by atoms with Gasteiger partial charge in [-0.15, -0.1) is 0 Å². The summed E-state index contributed by atoms with van der Waals surface area (Å²) in [6.45, 7) is 4.13. The Kier molecular flexibility index (Phi) is 4.39. The second-order valence-corrected chi connectivity index (χ2v) is 8.30. The maximum Gasteiger partial charge on any atom is 0.180 e. The molecule has 146 valence electrons. The molecule has 0 aliphatic heterocycles. The lowest BCUT2D eigenvalue weighted by Crippen LogP contribution is -2.03. The van der Waals surface area contributed by atoms with E-state index in [1.807, 2.05) is 30.1 Å². The topological polar surface area (TPSA) is 82.5 Å². The van der Waals surface area contributed by atoms with Gasteiger partial charge in [-0.3, -0.25) is 9.97 Å². The molecule has 0 radical (unpaired) electrons. The Hall–Kier alpha value is -3.06. The Morgan fingerprint density at radius 3 is 2.83 bits per heavy atom. The van der Waals surface area contributed by atoms with Gasteiger partial charge in [-0.25, -0.2) is 9.67 Å². The van der Waals surface area contributed by atoms with Crippen LogP contribution in [0.5, 0.6) is 0 Å². The minimum atomic E-state index is 0.606. The number of anilines is 1. The number of hydrogen-bond acceptors (Lipinski definition) is 6. The number of nitrogens with two attached hydrogens (primary N) is 1. The molecule has 0 saturated heterocycles. The van der Waals surface area contributed by atoms with Gasteiger partial charge in [0.2, 0.25) is 0 Å². The third-order valence-corrected chi connectivity index (χ3v) is 6.35. The number of aromatic nitrogens is 5. The Morgan fingerprint density at radius 1 is 1.17 bits per heavy atom. The van der Waals surface area contributed by atoms with Crippen molar-refractivity contribution in [3.05, 3.63) is 59.3 Å². The molecule has 0 aromatic carbocycles. The van der Waals surface area contributed by atoms with Gasteiger partial charge in [0.25, 0.3) is 0 Å². The summed E-state index contributed by atoms with van der Waals surface area (Å²) in [4.78, 5) is 14.8. The highest BCUT2D eigenvalue weighted by Crippen LogP contribution is 2.42. The van der Waals surface area contributed by atoms with Gasteiger partial charge in [0.1, 0.15) is 0 Å². The first kappa shape index (κ1) is 18.0. The van der Waals surface area contributed by atoms with E-state index >= 15 is 0 Å². The van der Waals surface area contributed by atoms with Gasteiger partial charge < -0.3 is 5.73 Å². The molecule has 0 amide bonds. The van der Waals surface area contributed by atoms with Crippen LogP contribution in [0.3, 0.4) is 0 Å². The number of aryl methyl sites for hydroxylation is 3. The van der Waals surface area contributed by atoms with Crippen LogP contribution in [0.4, 0.5) is 5.13 Å². The van der Waals surface area contributed by atoms with Crippen molar-refractivity contribution in [2.24, 2.45) is 0 Å². The normalized spacial score (nSPS) is 13.0. The highest BCUT2D eigenvalue weighted by atomic mass is 32.1. The van der Waals surface area contributed by atoms with Crippen LogP contribution in [0.1, 0.15) is 36.0 Å². The highest BCUT2D eigenvalue weighted by Gasteiger charge is 2.28. The molecule has 4 heterocycles. The van der Waals surface area contributed by atoms with E-state index in [4.69, 9.17) is 10.8 Å². The fourth-order valence-corrected chi connectivity index (χ4v) is 4.89. The lowest BCUT2D eigenvalue weighted by molar-refractivity contribution is 0.818. The maximum absolute atomic E-state index is 6.09. The number of fused-ring (bicyclic) bond motifs is 3. The Bertz CT molecular complexity index is 1190. The van der Waals surface area contributed by atoms with E-state index in [1.54, 1.807) is 11.3 Å². The minimum absolute atomic E-state index is 0.606. The van der Waals surface area contributed by atoms with Gasteiger partial charge in [0, 0.05) is 29.2 Å². The Labute approximate surface area is 173 Å². The molecule has 0 unspecified atom stereocenters. The molecule has 1 aliphatic carbocycles. The zero-order valence-electron chi connectivity index (χ0n) is 16.5. The number of pyridine rings is 2. The molecule has 0 fully saturated rings. The van der Waals surface area contributed by atoms with Crippen molar-refractivity contribution in [2.75, 3.05) is 5.73 Å². The molecule has 7 heteroatoms. The first-order valence-corrected chi connectivity index (χ1v) is 10.7. The van der Waals surface area contributed by atoms with Crippen LogP contribution in [0.15, 0.2) is 36.7 Å². The van der Waals surface area contributed by atoms with E-state index in [1.165, 1.54) is 5.56 Å². The van der Waals surface area contributed by atoms with Crippen LogP contribution < -0.4 is 5.73 Å². The van der Waals surface area contributed by atoms with Gasteiger partial charge in [0.15, 0.2) is 5.13 Å². The van der Waals surface area contributed by atoms with E-state index in [2.05, 4.69) is 40.1 Å². The third kappa shape index (κ3) is 3.02. The molecule has 29 heavy (non-hydrogen) atoms. The molecule has 6 nitrogen and oxygen atoms in total. The standard InChI is InChI=1S/C22H22N6S/c1-3-15-10-9-14(12-25-15)19-16-6-4-7-17-21(29-22(23)26-17)20(16)28(27-19)18-8-5-11-24-13(18)2/h5,8-12H,3-4,6-7H2,1-2H3,(H2,23,26). The number of rotatable bonds is 3. The lowest BCUT2D eigenvalue weighted by Gasteiger charge is -2.09. The molecule has 4 aromatic rings. The maximum atomic E-state index is 6.09. The van der Waals surface area contributed by atoms with Crippen LogP contribution in [-0.2, 0) is 19.3 Å². The molecule has 0 bridgehead atoms. The van der Waals surface area contributed by atoms with Crippen molar-refractivity contribution in [3.63, 3.8) is 0 Å². The third-order valence-electron chi connectivity index (χ3n) is 5.42. The van der Waals surface area contributed by atoms with Crippen molar-refractivity contribution in [3.8, 4) is 27.5 Å². The zero-order valence-corrected chi connectivity index (χ0v) is 17.3. The summed E-state index contributed by atoms with van der Waals surface area (Å²) in [6.07, 6.45) is 7.57. The fourth-order valence-electron chi connectivity index (χ4n) is 3.96. The van der Waals surface area contributed by atoms with Gasteiger partial charge in [-0.05, 0) is 56.9 Å². The van der Waals surface area contributed by atoms with Gasteiger partial charge >= 0.3 is 0 Å². The van der Waals surface area contributed by atoms with Crippen LogP contribution in [-0.4, -0.2) is 24.7 Å². The minimum Gasteiger partial charge on any atom is -0.375 e. The van der Waals surface area contributed by atoms with Crippen molar-refractivity contribution < 1.29 is 0 Å². The smallest absolute Gasteiger partial charge is 0.180 e. The average Bonchev–Trinajstić information content (AvgIpc) is 3.24. The summed E-state index contributed by atoms with van der Waals surface area (Å²) in [5.74, 6) is 0. The highest BCUT2D eigenvalue weighted by molar-refractivity contribution is 7.18. The molecule has 0 spiro atoms. The molecular weight excluding hydrogens is 380 g/mol. The van der Waals surface area contributed by atoms with E-state index < -0.39 is 0 Å². The van der Waals surface area contributed by atoms with E-state index in [-0.39, 0.29) is 0 Å². The van der Waals surface area contributed by atoms with Gasteiger partial charge in [0.05, 0.1) is 33.3 Å². The number of nitrogens with zero attached hydrogens (tertiary/aromatic N) is 5. The molecule has 2 N–H and O–H groups in total. The SMILES string of the molecule is CCc1ccc(-c2nn(-c3cccnc3C)c3c2CCCc2nc(N)sc2-3)cn1. The van der Waals surface area contributed by atoms with Crippen molar-refractivity contribution in [1.29, 1.82) is 0 Å². The second-order valence-electron chi connectivity index (χ2n) is 7.27. The summed E-state index contributed by atoms with van der Waals surface area (Å²) in [5.41, 5.74) is 14.5. The van der Waals surface area contributed by atoms with Crippen LogP contribution >= 0.6 is 11.3 Å². The first-order chi connectivity index (χ1) is 14.2. The summed E-state index contributed by atoms with van der Waals surface area (Å²) < 4.78 is 2.03. The summed E-state index contributed by atoms with van der Waals surface area (Å²) in [7, 11) is 0. The van der Waals surface area contributed by atoms with Crippen molar-refractivity contribution in [2.45, 2.75) is 39.5 Å². The molecule has 0 saturated carbocycles. The van der Waals surface area contributed by atoms with Gasteiger partial charge in [-0.2, -0.15) is 5.10 Å². The predicted octanol–water partition coefficient (Wildman–Crippen LogP) is 4.39. The number of hydrogen-bond donors (Lipinski definition) is 1. The van der Waals surface area contributed by atoms with Gasteiger partial charge in [-0.1, -0.05) is 18.3 Å². The largest absolute Gasteiger partial charge is 0.375 e. The number of thiazole rings is 1. The van der Waals surface area contributed by atoms with Crippen LogP contribution in [0.2, 0.25) is 0 Å². The summed E-state index contributed by atoms with van der Waals surface area (Å²) in [5, 5.41) is 5.68. The van der Waals surface area contributed by atoms with Crippen molar-refractivity contribution in [1.82, 2.24) is 24.7 Å². The second kappa shape index (κ2) is 7.08. The average molecular weight is 403 g/mol. The van der Waals surface area contributed by atoms with E-state index in [9.17, 15) is 0 Å². The molecule has 0 atom stereocenters. The lowest BCUT2D eigenvalue weighted by atomic mass is 10.0. The van der Waals surface area contributed by atoms with Crippen LogP contribution in [0, 0.1) is 6.92 Å². The van der Waals surface area contributed by atoms with Crippen LogP contribution in [0.25, 0.3) is 27.5 Å². The number of nitrogen functional groups attached to an aromatic ring is 1. The molecular formula is C22H22N6S. The Balaban J connectivity index is 1.80. The zero-order chi connectivity index (χ0) is 20.0. The predicted molar refractivity (Wildman–Crippen MR) is 116 cm³/mol. The quantitative estimate of drug-likeness (QED) is 0.549. The fraction of sp³-hybridized carbons (Fsp3) is 0.273. The van der Waals surface area contributed by atoms with E-state index in [0.717, 1.165) is 70.3 Å². The first-order valence-electron chi connectivity index (χ1n) is 9.90. The summed E-state index contributed by atoms with van der Waals surface area (Å²) in [6, 6.07) is 8.23. The monoisotopic (exact) mass is 402 g/mol. The Morgan fingerprint density at radius 2 is 2.07 bits per heavy atom. The molecule has 1 aliphatic rings. The van der Waals surface area contributed by atoms with E-state index in [0.29, 0.717) is 5.13 Å². The summed E-state index contributed by atoms with van der Waals surface area (Å²) >= 11 is 1.55. The molecule has 5 rings (SSSR count). The van der Waals surface area contributed by atoms with Crippen molar-refractivity contribution >= 4 is 16.5 Å².